The van der Waals surface area contributed by atoms with Crippen LogP contribution in [0.5, 0.6) is 0 Å². The lowest BCUT2D eigenvalue weighted by Crippen LogP contribution is -2.28. The molecule has 37 heavy (non-hydrogen) atoms. The minimum absolute atomic E-state index is 0.129. The number of hydrogen-bond acceptors (Lipinski definition) is 4. The van der Waals surface area contributed by atoms with Crippen LogP contribution in [-0.2, 0) is 16.8 Å². The van der Waals surface area contributed by atoms with Crippen molar-refractivity contribution in [2.24, 2.45) is 5.84 Å². The summed E-state index contributed by atoms with van der Waals surface area (Å²) in [5.74, 6) is 2.19. The first-order valence-corrected chi connectivity index (χ1v) is 11.3. The lowest BCUT2D eigenvalue weighted by Gasteiger charge is -2.16. The number of hydrogen-bond donors (Lipinski definition) is 3. The molecule has 0 saturated carbocycles. The Morgan fingerprint density at radius 2 is 1.73 bits per heavy atom. The summed E-state index contributed by atoms with van der Waals surface area (Å²) in [5, 5.41) is 12.2. The van der Waals surface area contributed by atoms with Gasteiger partial charge in [0, 0.05) is 23.6 Å². The van der Waals surface area contributed by atoms with Gasteiger partial charge in [0.2, 0.25) is 6.41 Å². The molecule has 4 aromatic rings. The lowest BCUT2D eigenvalue weighted by atomic mass is 9.92. The molecule has 0 saturated heterocycles. The van der Waals surface area contributed by atoms with Crippen molar-refractivity contribution in [2.45, 2.75) is 32.7 Å². The zero-order chi connectivity index (χ0) is 26.9. The molecule has 0 fully saturated rings. The molecule has 0 radical (unpaired) electrons. The Labute approximate surface area is 210 Å². The van der Waals surface area contributed by atoms with Crippen LogP contribution in [0.3, 0.4) is 0 Å². The van der Waals surface area contributed by atoms with E-state index in [1.54, 1.807) is 12.1 Å². The van der Waals surface area contributed by atoms with Gasteiger partial charge in [-0.1, -0.05) is 45.0 Å². The van der Waals surface area contributed by atoms with Gasteiger partial charge in [0.1, 0.15) is 11.6 Å². The van der Waals surface area contributed by atoms with E-state index in [1.807, 2.05) is 51.1 Å². The summed E-state index contributed by atoms with van der Waals surface area (Å²) in [7, 11) is 0. The molecular formula is C26H25F3N6O2. The molecule has 0 unspecified atom stereocenters. The van der Waals surface area contributed by atoms with Crippen LogP contribution in [-0.4, -0.2) is 27.2 Å². The van der Waals surface area contributed by atoms with Gasteiger partial charge in [0.15, 0.2) is 11.6 Å². The number of anilines is 2. The lowest BCUT2D eigenvalue weighted by molar-refractivity contribution is -0.118. The van der Waals surface area contributed by atoms with Crippen molar-refractivity contribution in [1.82, 2.24) is 14.8 Å². The first kappa shape index (κ1) is 25.7. The highest BCUT2D eigenvalue weighted by Gasteiger charge is 2.23. The summed E-state index contributed by atoms with van der Waals surface area (Å²) >= 11 is 0. The predicted octanol–water partition coefficient (Wildman–Crippen LogP) is 5.22. The molecular weight excluding hydrogens is 485 g/mol. The van der Waals surface area contributed by atoms with Crippen molar-refractivity contribution in [1.29, 1.82) is 0 Å². The SMILES string of the molecule is CC(C)(C)c1cc(NC(=O)Nc2cc(F)c(F)cc2F)n(-c2cc(CN(N)C=O)c3ccccc3c2)n1. The quantitative estimate of drug-likeness (QED) is 0.109. The first-order valence-electron chi connectivity index (χ1n) is 11.3. The second-order valence-electron chi connectivity index (χ2n) is 9.51. The van der Waals surface area contributed by atoms with Crippen molar-refractivity contribution in [2.75, 3.05) is 10.6 Å². The van der Waals surface area contributed by atoms with E-state index in [4.69, 9.17) is 5.84 Å². The van der Waals surface area contributed by atoms with E-state index < -0.39 is 34.6 Å². The van der Waals surface area contributed by atoms with Crippen molar-refractivity contribution in [3.05, 3.63) is 83.3 Å². The van der Waals surface area contributed by atoms with Gasteiger partial charge in [0.25, 0.3) is 0 Å². The molecule has 192 valence electrons. The number of aromatic nitrogens is 2. The van der Waals surface area contributed by atoms with Crippen LogP contribution in [0.25, 0.3) is 16.5 Å². The normalized spacial score (nSPS) is 11.4. The Kier molecular flexibility index (Phi) is 6.90. The molecule has 11 heteroatoms. The van der Waals surface area contributed by atoms with Crippen LogP contribution in [0.2, 0.25) is 0 Å². The molecule has 3 amide bonds. The molecule has 0 aliphatic heterocycles. The molecule has 0 bridgehead atoms. The van der Waals surface area contributed by atoms with Crippen LogP contribution < -0.4 is 16.5 Å². The number of amides is 3. The van der Waals surface area contributed by atoms with Gasteiger partial charge in [-0.3, -0.25) is 15.1 Å². The number of nitrogens with two attached hydrogens (primary N) is 1. The van der Waals surface area contributed by atoms with E-state index in [2.05, 4.69) is 15.7 Å². The molecule has 4 N–H and O–H groups in total. The Morgan fingerprint density at radius 3 is 2.43 bits per heavy atom. The number of carbonyl (C=O) groups is 2. The summed E-state index contributed by atoms with van der Waals surface area (Å²) in [4.78, 5) is 23.9. The van der Waals surface area contributed by atoms with Crippen LogP contribution in [0.15, 0.2) is 54.6 Å². The maximum Gasteiger partial charge on any atom is 0.324 e. The molecule has 3 aromatic carbocycles. The molecule has 4 rings (SSSR count). The molecule has 0 aliphatic carbocycles. The summed E-state index contributed by atoms with van der Waals surface area (Å²) in [6.07, 6.45) is 0.516. The van der Waals surface area contributed by atoms with Crippen LogP contribution >= 0.6 is 0 Å². The number of urea groups is 1. The highest BCUT2D eigenvalue weighted by Crippen LogP contribution is 2.30. The van der Waals surface area contributed by atoms with Crippen LogP contribution in [0, 0.1) is 17.5 Å². The number of carbonyl (C=O) groups excluding carboxylic acids is 2. The van der Waals surface area contributed by atoms with E-state index in [0.29, 0.717) is 29.9 Å². The Balaban J connectivity index is 1.76. The molecule has 8 nitrogen and oxygen atoms in total. The smallest absolute Gasteiger partial charge is 0.305 e. The molecule has 1 heterocycles. The fourth-order valence-corrected chi connectivity index (χ4v) is 3.78. The van der Waals surface area contributed by atoms with Crippen LogP contribution in [0.1, 0.15) is 32.0 Å². The number of nitrogens with one attached hydrogen (secondary N) is 2. The monoisotopic (exact) mass is 510 g/mol. The Hall–Kier alpha value is -4.38. The maximum atomic E-state index is 14.1. The van der Waals surface area contributed by atoms with Gasteiger partial charge in [-0.15, -0.1) is 0 Å². The van der Waals surface area contributed by atoms with Gasteiger partial charge in [-0.2, -0.15) is 5.10 Å². The fraction of sp³-hybridized carbons (Fsp3) is 0.192. The Bertz CT molecular complexity index is 1500. The highest BCUT2D eigenvalue weighted by molar-refractivity contribution is 5.99. The predicted molar refractivity (Wildman–Crippen MR) is 135 cm³/mol. The number of benzene rings is 3. The Morgan fingerprint density at radius 1 is 1.03 bits per heavy atom. The average molecular weight is 511 g/mol. The van der Waals surface area contributed by atoms with Crippen molar-refractivity contribution in [3.63, 3.8) is 0 Å². The minimum atomic E-state index is -1.37. The molecule has 1 aromatic heterocycles. The second kappa shape index (κ2) is 9.94. The van der Waals surface area contributed by atoms with Gasteiger partial charge in [0.05, 0.1) is 23.6 Å². The van der Waals surface area contributed by atoms with E-state index in [-0.39, 0.29) is 12.4 Å². The third kappa shape index (κ3) is 5.56. The third-order valence-corrected chi connectivity index (χ3v) is 5.64. The van der Waals surface area contributed by atoms with Crippen LogP contribution in [0.4, 0.5) is 29.5 Å². The van der Waals surface area contributed by atoms with Gasteiger partial charge in [-0.25, -0.2) is 28.5 Å². The standard InChI is InChI=1S/C26H25F3N6O2/c1-26(2,3)23-12-24(32-25(37)31-22-11-20(28)19(27)10-21(22)29)35(33-23)17-8-15-6-4-5-7-18(15)16(9-17)13-34(30)14-36/h4-12,14H,13,30H2,1-3H3,(H2,31,32,37). The number of hydrazine groups is 1. The highest BCUT2D eigenvalue weighted by atomic mass is 19.2. The largest absolute Gasteiger partial charge is 0.324 e. The van der Waals surface area contributed by atoms with E-state index >= 15 is 0 Å². The van der Waals surface area contributed by atoms with Gasteiger partial charge < -0.3 is 5.32 Å². The van der Waals surface area contributed by atoms with Crippen molar-refractivity contribution >= 4 is 34.7 Å². The summed E-state index contributed by atoms with van der Waals surface area (Å²) in [6, 6.07) is 12.9. The zero-order valence-corrected chi connectivity index (χ0v) is 20.3. The van der Waals surface area contributed by atoms with Crippen molar-refractivity contribution in [3.8, 4) is 5.69 Å². The average Bonchev–Trinajstić information content (AvgIpc) is 3.26. The molecule has 0 atom stereocenters. The summed E-state index contributed by atoms with van der Waals surface area (Å²) in [5.41, 5.74) is 1.04. The second-order valence-corrected chi connectivity index (χ2v) is 9.51. The van der Waals surface area contributed by atoms with Gasteiger partial charge in [-0.05, 0) is 28.5 Å². The van der Waals surface area contributed by atoms with Gasteiger partial charge >= 0.3 is 6.03 Å². The van der Waals surface area contributed by atoms with Crippen molar-refractivity contribution < 1.29 is 22.8 Å². The van der Waals surface area contributed by atoms with E-state index in [1.165, 1.54) is 4.68 Å². The zero-order valence-electron chi connectivity index (χ0n) is 20.3. The molecule has 0 aliphatic rings. The minimum Gasteiger partial charge on any atom is -0.305 e. The topological polar surface area (TPSA) is 105 Å². The number of halogens is 3. The van der Waals surface area contributed by atoms with E-state index in [9.17, 15) is 22.8 Å². The number of rotatable bonds is 6. The number of nitrogens with zero attached hydrogens (tertiary/aromatic N) is 3. The first-order chi connectivity index (χ1) is 17.5. The molecule has 0 spiro atoms. The maximum absolute atomic E-state index is 14.1. The summed E-state index contributed by atoms with van der Waals surface area (Å²) < 4.78 is 42.4. The van der Waals surface area contributed by atoms with E-state index in [0.717, 1.165) is 21.3 Å². The third-order valence-electron chi connectivity index (χ3n) is 5.64. The fourth-order valence-electron chi connectivity index (χ4n) is 3.78. The number of fused-ring (bicyclic) bond motifs is 1. The summed E-state index contributed by atoms with van der Waals surface area (Å²) in [6.45, 7) is 5.97.